The molecule has 1 unspecified atom stereocenters. The van der Waals surface area contributed by atoms with Crippen molar-refractivity contribution in [2.24, 2.45) is 5.92 Å². The highest BCUT2D eigenvalue weighted by Gasteiger charge is 2.36. The molecule has 27 heavy (non-hydrogen) atoms. The number of hydrogen-bond donors (Lipinski definition) is 1. The molecule has 0 aliphatic carbocycles. The van der Waals surface area contributed by atoms with Crippen molar-refractivity contribution in [2.45, 2.75) is 13.3 Å². The van der Waals surface area contributed by atoms with Crippen LogP contribution in [0.25, 0.3) is 0 Å². The zero-order chi connectivity index (χ0) is 19.6. The molecule has 0 aromatic heterocycles. The molecule has 1 heterocycles. The summed E-state index contributed by atoms with van der Waals surface area (Å²) < 4.78 is 32.5. The van der Waals surface area contributed by atoms with Gasteiger partial charge in [0.05, 0.1) is 28.9 Å². The van der Waals surface area contributed by atoms with E-state index in [2.05, 4.69) is 5.32 Å². The summed E-state index contributed by atoms with van der Waals surface area (Å²) in [4.78, 5) is 26.0. The van der Waals surface area contributed by atoms with E-state index in [1.54, 1.807) is 25.1 Å². The Kier molecular flexibility index (Phi) is 5.60. The minimum atomic E-state index is -0.849. The third kappa shape index (κ3) is 4.03. The number of ether oxygens (including phenoxy) is 1. The van der Waals surface area contributed by atoms with Crippen LogP contribution in [-0.2, 0) is 9.59 Å². The van der Waals surface area contributed by atoms with E-state index in [1.807, 2.05) is 0 Å². The molecule has 8 heteroatoms. The molecule has 0 saturated carbocycles. The topological polar surface area (TPSA) is 58.6 Å². The Morgan fingerprint density at radius 2 is 2.11 bits per heavy atom. The predicted molar refractivity (Wildman–Crippen MR) is 98.1 cm³/mol. The maximum Gasteiger partial charge on any atom is 0.229 e. The molecule has 2 aromatic rings. The monoisotopic (exact) mass is 394 g/mol. The van der Waals surface area contributed by atoms with Gasteiger partial charge >= 0.3 is 0 Å². The number of halogens is 3. The predicted octanol–water partition coefficient (Wildman–Crippen LogP) is 4.01. The zero-order valence-electron chi connectivity index (χ0n) is 14.5. The summed E-state index contributed by atoms with van der Waals surface area (Å²) in [6.07, 6.45) is -0.0762. The van der Waals surface area contributed by atoms with E-state index >= 15 is 0 Å². The van der Waals surface area contributed by atoms with Gasteiger partial charge in [-0.3, -0.25) is 9.59 Å². The zero-order valence-corrected chi connectivity index (χ0v) is 15.2. The molecule has 0 spiro atoms. The number of nitrogens with one attached hydrogen (secondary N) is 1. The van der Waals surface area contributed by atoms with Crippen LogP contribution >= 0.6 is 11.6 Å². The quantitative estimate of drug-likeness (QED) is 0.833. The summed E-state index contributed by atoms with van der Waals surface area (Å²) in [6, 6.07) is 7.91. The molecule has 5 nitrogen and oxygen atoms in total. The Morgan fingerprint density at radius 3 is 2.81 bits per heavy atom. The summed E-state index contributed by atoms with van der Waals surface area (Å²) in [7, 11) is 0. The Hall–Kier alpha value is -2.67. The molecule has 142 valence electrons. The molecule has 2 amide bonds. The van der Waals surface area contributed by atoms with Gasteiger partial charge in [0.15, 0.2) is 5.75 Å². The van der Waals surface area contributed by atoms with Crippen molar-refractivity contribution < 1.29 is 23.1 Å². The maximum atomic E-state index is 14.0. The number of rotatable bonds is 5. The summed E-state index contributed by atoms with van der Waals surface area (Å²) in [5.74, 6) is -2.73. The lowest BCUT2D eigenvalue weighted by Gasteiger charge is -2.18. The third-order valence-corrected chi connectivity index (χ3v) is 4.51. The van der Waals surface area contributed by atoms with Crippen LogP contribution in [0.15, 0.2) is 36.4 Å². The number of carbonyl (C=O) groups excluding carboxylic acids is 2. The lowest BCUT2D eigenvalue weighted by Crippen LogP contribution is -2.28. The van der Waals surface area contributed by atoms with Gasteiger partial charge in [-0.15, -0.1) is 0 Å². The van der Waals surface area contributed by atoms with Gasteiger partial charge in [-0.25, -0.2) is 8.78 Å². The fraction of sp³-hybridized carbons (Fsp3) is 0.263. The van der Waals surface area contributed by atoms with Crippen LogP contribution in [0.1, 0.15) is 13.3 Å². The Bertz CT molecular complexity index is 891. The molecule has 0 radical (unpaired) electrons. The van der Waals surface area contributed by atoms with E-state index in [4.69, 9.17) is 16.3 Å². The minimum Gasteiger partial charge on any atom is -0.490 e. The number of carbonyl (C=O) groups is 2. The first-order chi connectivity index (χ1) is 12.9. The van der Waals surface area contributed by atoms with E-state index in [1.165, 1.54) is 6.07 Å². The van der Waals surface area contributed by atoms with Crippen LogP contribution in [0.3, 0.4) is 0 Å². The SMILES string of the molecule is CCOc1c(Cl)cccc1NC(=O)C1CC(=O)N(c2ccc(F)cc2F)C1. The highest BCUT2D eigenvalue weighted by molar-refractivity contribution is 6.32. The normalized spacial score (nSPS) is 16.5. The van der Waals surface area contributed by atoms with Crippen LogP contribution in [0.4, 0.5) is 20.2 Å². The van der Waals surface area contributed by atoms with Crippen molar-refractivity contribution in [1.29, 1.82) is 0 Å². The largest absolute Gasteiger partial charge is 0.490 e. The number of hydrogen-bond acceptors (Lipinski definition) is 3. The van der Waals surface area contributed by atoms with Gasteiger partial charge in [-0.1, -0.05) is 17.7 Å². The van der Waals surface area contributed by atoms with Crippen molar-refractivity contribution in [3.63, 3.8) is 0 Å². The molecular weight excluding hydrogens is 378 g/mol. The first-order valence-corrected chi connectivity index (χ1v) is 8.76. The van der Waals surface area contributed by atoms with Gasteiger partial charge in [-0.05, 0) is 31.2 Å². The first-order valence-electron chi connectivity index (χ1n) is 8.38. The second-order valence-corrected chi connectivity index (χ2v) is 6.45. The van der Waals surface area contributed by atoms with Crippen molar-refractivity contribution in [3.8, 4) is 5.75 Å². The van der Waals surface area contributed by atoms with Gasteiger partial charge in [0.1, 0.15) is 11.6 Å². The molecule has 3 rings (SSSR count). The van der Waals surface area contributed by atoms with E-state index in [0.717, 1.165) is 11.0 Å². The van der Waals surface area contributed by atoms with Gasteiger partial charge in [0, 0.05) is 19.0 Å². The second-order valence-electron chi connectivity index (χ2n) is 6.04. The summed E-state index contributed by atoms with van der Waals surface area (Å²) >= 11 is 6.10. The second kappa shape index (κ2) is 7.92. The Labute approximate surface area is 159 Å². The van der Waals surface area contributed by atoms with Gasteiger partial charge in [0.25, 0.3) is 0 Å². The molecule has 1 saturated heterocycles. The van der Waals surface area contributed by atoms with Crippen LogP contribution in [0.2, 0.25) is 5.02 Å². The van der Waals surface area contributed by atoms with Crippen LogP contribution in [0.5, 0.6) is 5.75 Å². The number of benzene rings is 2. The molecule has 2 aromatic carbocycles. The minimum absolute atomic E-state index is 0.00223. The van der Waals surface area contributed by atoms with Crippen LogP contribution in [0, 0.1) is 17.6 Å². The van der Waals surface area contributed by atoms with E-state index in [-0.39, 0.29) is 18.7 Å². The molecule has 1 atom stereocenters. The van der Waals surface area contributed by atoms with Gasteiger partial charge < -0.3 is 15.0 Å². The number of para-hydroxylation sites is 1. The van der Waals surface area contributed by atoms with E-state index < -0.39 is 29.4 Å². The average molecular weight is 395 g/mol. The Balaban J connectivity index is 1.76. The summed E-state index contributed by atoms with van der Waals surface area (Å²) in [6.45, 7) is 2.16. The van der Waals surface area contributed by atoms with Gasteiger partial charge in [-0.2, -0.15) is 0 Å². The summed E-state index contributed by atoms with van der Waals surface area (Å²) in [5.41, 5.74) is 0.350. The number of nitrogens with zero attached hydrogens (tertiary/aromatic N) is 1. The van der Waals surface area contributed by atoms with Crippen molar-refractivity contribution in [3.05, 3.63) is 53.1 Å². The maximum absolute atomic E-state index is 14.0. The molecule has 1 aliphatic heterocycles. The highest BCUT2D eigenvalue weighted by atomic mass is 35.5. The van der Waals surface area contributed by atoms with Gasteiger partial charge in [0.2, 0.25) is 11.8 Å². The molecular formula is C19H17ClF2N2O3. The third-order valence-electron chi connectivity index (χ3n) is 4.21. The first kappa shape index (κ1) is 19.1. The van der Waals surface area contributed by atoms with Crippen molar-refractivity contribution in [2.75, 3.05) is 23.4 Å². The van der Waals surface area contributed by atoms with Crippen LogP contribution in [-0.4, -0.2) is 25.0 Å². The average Bonchev–Trinajstić information content (AvgIpc) is 3.00. The Morgan fingerprint density at radius 1 is 1.33 bits per heavy atom. The number of anilines is 2. The highest BCUT2D eigenvalue weighted by Crippen LogP contribution is 2.34. The van der Waals surface area contributed by atoms with E-state index in [0.29, 0.717) is 29.1 Å². The lowest BCUT2D eigenvalue weighted by molar-refractivity contribution is -0.122. The van der Waals surface area contributed by atoms with Crippen molar-refractivity contribution >= 4 is 34.8 Å². The molecule has 1 N–H and O–H groups in total. The molecule has 1 fully saturated rings. The fourth-order valence-electron chi connectivity index (χ4n) is 2.95. The molecule has 0 bridgehead atoms. The van der Waals surface area contributed by atoms with E-state index in [9.17, 15) is 18.4 Å². The fourth-order valence-corrected chi connectivity index (χ4v) is 3.18. The standard InChI is InChI=1S/C19H17ClF2N2O3/c1-2-27-18-13(20)4-3-5-15(18)23-19(26)11-8-17(25)24(10-11)16-7-6-12(21)9-14(16)22/h3-7,9,11H,2,8,10H2,1H3,(H,23,26). The lowest BCUT2D eigenvalue weighted by atomic mass is 10.1. The number of amides is 2. The van der Waals surface area contributed by atoms with Crippen LogP contribution < -0.4 is 15.0 Å². The molecule has 1 aliphatic rings. The van der Waals surface area contributed by atoms with Crippen molar-refractivity contribution in [1.82, 2.24) is 0 Å². The summed E-state index contributed by atoms with van der Waals surface area (Å²) in [5, 5.41) is 3.07. The smallest absolute Gasteiger partial charge is 0.229 e.